The van der Waals surface area contributed by atoms with Gasteiger partial charge in [-0.2, -0.15) is 13.2 Å². The molecule has 144 valence electrons. The molecular weight excluding hydrogens is 363 g/mol. The summed E-state index contributed by atoms with van der Waals surface area (Å²) in [6.07, 6.45) is -1.73. The predicted molar refractivity (Wildman–Crippen MR) is 98.0 cm³/mol. The van der Waals surface area contributed by atoms with Gasteiger partial charge >= 0.3 is 6.18 Å². The van der Waals surface area contributed by atoms with Crippen LogP contribution in [0.1, 0.15) is 43.9 Å². The molecule has 26 heavy (non-hydrogen) atoms. The number of rotatable bonds is 6. The van der Waals surface area contributed by atoms with Crippen molar-refractivity contribution in [2.24, 2.45) is 16.6 Å². The minimum Gasteiger partial charge on any atom is -0.394 e. The molecule has 1 aliphatic carbocycles. The van der Waals surface area contributed by atoms with E-state index < -0.39 is 11.9 Å². The molecule has 1 saturated carbocycles. The Hall–Kier alpha value is -1.83. The zero-order valence-corrected chi connectivity index (χ0v) is 15.6. The summed E-state index contributed by atoms with van der Waals surface area (Å²) in [5, 5.41) is 4.81. The molecule has 1 aromatic rings. The van der Waals surface area contributed by atoms with Crippen molar-refractivity contribution >= 4 is 23.0 Å². The summed E-state index contributed by atoms with van der Waals surface area (Å²) in [4.78, 5) is 17.5. The molecule has 0 saturated heterocycles. The Labute approximate surface area is 155 Å². The van der Waals surface area contributed by atoms with Crippen molar-refractivity contribution in [3.63, 3.8) is 0 Å². The lowest BCUT2D eigenvalue weighted by Gasteiger charge is -2.21. The van der Waals surface area contributed by atoms with E-state index in [0.29, 0.717) is 44.5 Å². The molecule has 0 aliphatic heterocycles. The maximum atomic E-state index is 12.9. The normalized spacial score (nSPS) is 20.1. The average Bonchev–Trinajstić information content (AvgIpc) is 3.12. The van der Waals surface area contributed by atoms with Gasteiger partial charge in [-0.15, -0.1) is 11.3 Å². The minimum absolute atomic E-state index is 0.0761. The molecule has 1 aliphatic rings. The molecule has 8 heteroatoms. The van der Waals surface area contributed by atoms with Gasteiger partial charge < -0.3 is 11.1 Å². The van der Waals surface area contributed by atoms with Gasteiger partial charge in [0.25, 0.3) is 0 Å². The number of thiophene rings is 1. The molecule has 1 atom stereocenters. The van der Waals surface area contributed by atoms with Crippen LogP contribution in [-0.2, 0) is 11.3 Å². The number of amides is 1. The predicted octanol–water partition coefficient (Wildman–Crippen LogP) is 4.18. The highest BCUT2D eigenvalue weighted by atomic mass is 32.1. The van der Waals surface area contributed by atoms with Crippen LogP contribution in [0.3, 0.4) is 0 Å². The number of alkyl halides is 3. The van der Waals surface area contributed by atoms with Crippen molar-refractivity contribution in [1.29, 1.82) is 0 Å². The number of nitrogens with zero attached hydrogens (tertiary/aromatic N) is 1. The lowest BCUT2D eigenvalue weighted by Crippen LogP contribution is -2.29. The van der Waals surface area contributed by atoms with Crippen LogP contribution in [0.2, 0.25) is 0 Å². The summed E-state index contributed by atoms with van der Waals surface area (Å²) in [5.74, 6) is -0.330. The van der Waals surface area contributed by atoms with Gasteiger partial charge in [0.15, 0.2) is 0 Å². The number of allylic oxidation sites excluding steroid dienone is 2. The molecule has 0 bridgehead atoms. The second-order valence-electron chi connectivity index (χ2n) is 6.41. The third-order valence-corrected chi connectivity index (χ3v) is 5.27. The molecule has 2 rings (SSSR count). The lowest BCUT2D eigenvalue weighted by atomic mass is 9.91. The Morgan fingerprint density at radius 1 is 1.38 bits per heavy atom. The van der Waals surface area contributed by atoms with Crippen molar-refractivity contribution < 1.29 is 18.0 Å². The molecule has 0 aromatic carbocycles. The molecule has 1 heterocycles. The fourth-order valence-corrected chi connectivity index (χ4v) is 3.46. The van der Waals surface area contributed by atoms with Crippen molar-refractivity contribution in [3.05, 3.63) is 33.7 Å². The van der Waals surface area contributed by atoms with E-state index in [2.05, 4.69) is 10.3 Å². The zero-order valence-electron chi connectivity index (χ0n) is 14.7. The van der Waals surface area contributed by atoms with E-state index in [-0.39, 0.29) is 17.4 Å². The number of carbonyl (C=O) groups is 1. The molecular formula is C18H24F3N3OS. The van der Waals surface area contributed by atoms with Crippen LogP contribution in [0, 0.1) is 5.92 Å². The Kier molecular flexibility index (Phi) is 7.25. The zero-order chi connectivity index (χ0) is 19.2. The minimum atomic E-state index is -4.53. The van der Waals surface area contributed by atoms with Crippen LogP contribution in [0.4, 0.5) is 13.2 Å². The van der Waals surface area contributed by atoms with E-state index in [4.69, 9.17) is 5.73 Å². The monoisotopic (exact) mass is 387 g/mol. The Morgan fingerprint density at radius 2 is 2.12 bits per heavy atom. The summed E-state index contributed by atoms with van der Waals surface area (Å²) < 4.78 is 38.6. The number of aliphatic imine (C=N–C) groups is 1. The lowest BCUT2D eigenvalue weighted by molar-refractivity contribution is -0.124. The van der Waals surface area contributed by atoms with Gasteiger partial charge in [0.1, 0.15) is 5.70 Å². The number of carbonyl (C=O) groups excluding carboxylic acids is 1. The third kappa shape index (κ3) is 5.86. The van der Waals surface area contributed by atoms with Gasteiger partial charge in [0.2, 0.25) is 5.91 Å². The van der Waals surface area contributed by atoms with E-state index in [1.807, 2.05) is 17.5 Å². The smallest absolute Gasteiger partial charge is 0.394 e. The van der Waals surface area contributed by atoms with Crippen molar-refractivity contribution in [1.82, 2.24) is 5.32 Å². The van der Waals surface area contributed by atoms with Crippen LogP contribution in [0.15, 0.2) is 33.8 Å². The summed E-state index contributed by atoms with van der Waals surface area (Å²) >= 11 is 1.57. The van der Waals surface area contributed by atoms with Crippen LogP contribution in [0.5, 0.6) is 0 Å². The summed E-state index contributed by atoms with van der Waals surface area (Å²) in [7, 11) is 0. The highest BCUT2D eigenvalue weighted by Crippen LogP contribution is 2.30. The van der Waals surface area contributed by atoms with E-state index in [9.17, 15) is 18.0 Å². The average molecular weight is 387 g/mol. The molecule has 0 spiro atoms. The van der Waals surface area contributed by atoms with Crippen LogP contribution >= 0.6 is 11.3 Å². The van der Waals surface area contributed by atoms with Crippen molar-refractivity contribution in [2.45, 2.75) is 51.7 Å². The van der Waals surface area contributed by atoms with Gasteiger partial charge in [-0.25, -0.2) is 0 Å². The summed E-state index contributed by atoms with van der Waals surface area (Å²) in [6, 6.07) is 3.87. The quantitative estimate of drug-likeness (QED) is 0.769. The first-order valence-electron chi connectivity index (χ1n) is 8.68. The van der Waals surface area contributed by atoms with Crippen LogP contribution in [0.25, 0.3) is 0 Å². The number of nitrogens with one attached hydrogen (secondary N) is 1. The largest absolute Gasteiger partial charge is 0.431 e. The van der Waals surface area contributed by atoms with Gasteiger partial charge in [0, 0.05) is 28.6 Å². The Morgan fingerprint density at radius 3 is 2.77 bits per heavy atom. The summed E-state index contributed by atoms with van der Waals surface area (Å²) in [5.41, 5.74) is 4.83. The highest BCUT2D eigenvalue weighted by Gasteiger charge is 2.35. The fourth-order valence-electron chi connectivity index (χ4n) is 2.81. The van der Waals surface area contributed by atoms with Crippen LogP contribution in [-0.4, -0.2) is 24.3 Å². The molecule has 1 aromatic heterocycles. The molecule has 4 nitrogen and oxygen atoms in total. The maximum Gasteiger partial charge on any atom is 0.431 e. The highest BCUT2D eigenvalue weighted by molar-refractivity contribution is 7.09. The molecule has 1 amide bonds. The topological polar surface area (TPSA) is 67.5 Å². The van der Waals surface area contributed by atoms with E-state index in [1.54, 1.807) is 18.3 Å². The van der Waals surface area contributed by atoms with E-state index >= 15 is 0 Å². The van der Waals surface area contributed by atoms with Crippen LogP contribution < -0.4 is 11.1 Å². The van der Waals surface area contributed by atoms with Gasteiger partial charge in [-0.1, -0.05) is 13.0 Å². The van der Waals surface area contributed by atoms with Gasteiger partial charge in [0.05, 0.1) is 6.54 Å². The van der Waals surface area contributed by atoms with Gasteiger partial charge in [-0.05, 0) is 43.6 Å². The SMILES string of the molecule is CC(CCN=C1CCCCC1=C(N)C(F)(F)F)C(=O)NCc1cccs1. The Bertz CT molecular complexity index is 666. The first kappa shape index (κ1) is 20.5. The van der Waals surface area contributed by atoms with Crippen molar-refractivity contribution in [2.75, 3.05) is 6.54 Å². The number of halogens is 3. The summed E-state index contributed by atoms with van der Waals surface area (Å²) in [6.45, 7) is 2.60. The first-order valence-corrected chi connectivity index (χ1v) is 9.56. The van der Waals surface area contributed by atoms with E-state index in [0.717, 1.165) is 11.3 Å². The molecule has 1 fully saturated rings. The standard InChI is InChI=1S/C18H24F3N3OS/c1-12(17(25)24-11-13-5-4-10-26-13)8-9-23-15-7-3-2-6-14(15)16(22)18(19,20)21/h4-5,10,12H,2-3,6-9,11,22H2,1H3,(H,24,25). The fraction of sp³-hybridized carbons (Fsp3) is 0.556. The maximum absolute atomic E-state index is 12.9. The van der Waals surface area contributed by atoms with E-state index in [1.165, 1.54) is 0 Å². The molecule has 3 N–H and O–H groups in total. The van der Waals surface area contributed by atoms with Gasteiger partial charge in [-0.3, -0.25) is 9.79 Å². The molecule has 0 radical (unpaired) electrons. The van der Waals surface area contributed by atoms with Crippen molar-refractivity contribution in [3.8, 4) is 0 Å². The molecule has 1 unspecified atom stereocenters. The third-order valence-electron chi connectivity index (χ3n) is 4.40. The second kappa shape index (κ2) is 9.21. The number of hydrogen-bond donors (Lipinski definition) is 2. The first-order chi connectivity index (χ1) is 12.3. The Balaban J connectivity index is 1.89. The number of nitrogens with two attached hydrogens (primary N) is 1. The second-order valence-corrected chi connectivity index (χ2v) is 7.44. The number of hydrogen-bond acceptors (Lipinski definition) is 4.